The number of nitrogens with zero attached hydrogens (tertiary/aromatic N) is 6. The first-order chi connectivity index (χ1) is 40.1. The van der Waals surface area contributed by atoms with Crippen LogP contribution in [0.2, 0.25) is 0 Å². The van der Waals surface area contributed by atoms with Gasteiger partial charge in [-0.05, 0) is 114 Å². The van der Waals surface area contributed by atoms with Gasteiger partial charge in [-0.2, -0.15) is 0 Å². The first kappa shape index (κ1) is 80.8. The van der Waals surface area contributed by atoms with Gasteiger partial charge in [0.2, 0.25) is 59.1 Å². The molecule has 7 N–H and O–H groups in total. The van der Waals surface area contributed by atoms with Gasteiger partial charge in [0, 0.05) is 42.3 Å². The molecule has 0 aliphatic heterocycles. The van der Waals surface area contributed by atoms with E-state index >= 15 is 0 Å². The maximum atomic E-state index is 14.7. The van der Waals surface area contributed by atoms with Gasteiger partial charge in [0.25, 0.3) is 0 Å². The third-order valence-corrected chi connectivity index (χ3v) is 15.7. The van der Waals surface area contributed by atoms with Crippen LogP contribution in [0.15, 0.2) is 12.2 Å². The number of amides is 10. The van der Waals surface area contributed by atoms with Gasteiger partial charge in [-0.3, -0.25) is 47.9 Å². The number of carboxylic acid groups (broad SMARTS) is 1. The molecule has 0 rings (SSSR count). The Bertz CT molecular complexity index is 2310. The molecule has 0 spiro atoms. The molecule has 87 heavy (non-hydrogen) atoms. The van der Waals surface area contributed by atoms with Crippen LogP contribution < -0.4 is 26.6 Å². The van der Waals surface area contributed by atoms with Crippen molar-refractivity contribution in [2.45, 2.75) is 229 Å². The molecule has 0 aromatic heterocycles. The smallest absolute Gasteiger partial charge is 0.326 e. The molecule has 0 aliphatic rings. The van der Waals surface area contributed by atoms with Crippen molar-refractivity contribution in [3.63, 3.8) is 0 Å². The van der Waals surface area contributed by atoms with Crippen molar-refractivity contribution in [1.29, 1.82) is 0 Å². The molecule has 0 fully saturated rings. The zero-order valence-electron chi connectivity index (χ0n) is 57.3. The zero-order chi connectivity index (χ0) is 67.8. The van der Waals surface area contributed by atoms with Gasteiger partial charge in [-0.25, -0.2) is 4.79 Å². The van der Waals surface area contributed by atoms with Gasteiger partial charge in [-0.1, -0.05) is 109 Å². The van der Waals surface area contributed by atoms with Crippen LogP contribution in [0.25, 0.3) is 0 Å². The minimum atomic E-state index is -1.24. The molecule has 24 nitrogen and oxygen atoms in total. The first-order valence-electron chi connectivity index (χ1n) is 31.1. The predicted octanol–water partition coefficient (Wildman–Crippen LogP) is 3.49. The van der Waals surface area contributed by atoms with Gasteiger partial charge < -0.3 is 66.2 Å². The number of nitrogens with one attached hydrogen (secondary N) is 5. The van der Waals surface area contributed by atoms with Gasteiger partial charge >= 0.3 is 5.97 Å². The molecule has 2 unspecified atom stereocenters. The lowest BCUT2D eigenvalue weighted by Crippen LogP contribution is -2.60. The summed E-state index contributed by atoms with van der Waals surface area (Å²) in [6, 6.07) is -11.2. The molecule has 0 saturated heterocycles. The number of carbonyl (C=O) groups is 11. The topological polar surface area (TPSA) is 308 Å². The molecular weight excluding hydrogens is 1120 g/mol. The van der Waals surface area contributed by atoms with E-state index in [0.29, 0.717) is 6.42 Å². The van der Waals surface area contributed by atoms with Crippen molar-refractivity contribution in [2.75, 3.05) is 55.9 Å². The summed E-state index contributed by atoms with van der Waals surface area (Å²) >= 11 is 0. The van der Waals surface area contributed by atoms with E-state index in [2.05, 4.69) is 26.6 Å². The van der Waals surface area contributed by atoms with Crippen LogP contribution in [0.4, 0.5) is 0 Å². The average molecular weight is 1230 g/mol. The maximum absolute atomic E-state index is 14.7. The number of rotatable bonds is 38. The third-order valence-electron chi connectivity index (χ3n) is 15.7. The standard InChI is InChI=1S/C63H115N11O13/c1-25-27-28-41(15)53(76)51(64-18)57(80)67-44(26-2)59(82)69(19)34-50(75)70(20)46(30-36(5)6)56(79)68-45(29-35(3)4)60(83)71(21)47(31-37(7)8)55(78)65-42(16)54(77)66-43(17)58(81)72(22)48(32-38(9)10)61(84)73(23)49(33-39(11)12)62(85)74(24)52(40(13)14)63(86)87/h25,27,35-49,51-53,64,76H,26,28-34H2,1-24H3,(H,65,78)(H,66,77)(H,67,80)(H,68,79)(H,86,87)/b27-25+/t41?,42-,43+,44-,45-,46-,47-,48-,49-,51-,52-,53?/m0/s1. The Morgan fingerprint density at radius 1 is 0.460 bits per heavy atom. The van der Waals surface area contributed by atoms with E-state index in [-0.39, 0.29) is 74.0 Å². The highest BCUT2D eigenvalue weighted by Gasteiger charge is 2.42. The normalized spacial score (nSPS) is 15.9. The number of hydrogen-bond donors (Lipinski definition) is 7. The summed E-state index contributed by atoms with van der Waals surface area (Å²) in [4.78, 5) is 161. The average Bonchev–Trinajstić information content (AvgIpc) is 1.46. The number of allylic oxidation sites excluding steroid dienone is 2. The lowest BCUT2D eigenvalue weighted by molar-refractivity contribution is -0.157. The second-order valence-electron chi connectivity index (χ2n) is 26.3. The van der Waals surface area contributed by atoms with Crippen LogP contribution in [-0.2, 0) is 52.7 Å². The van der Waals surface area contributed by atoms with Crippen molar-refractivity contribution in [1.82, 2.24) is 56.0 Å². The predicted molar refractivity (Wildman–Crippen MR) is 337 cm³/mol. The lowest BCUT2D eigenvalue weighted by atomic mass is 9.94. The summed E-state index contributed by atoms with van der Waals surface area (Å²) in [5.41, 5.74) is 0. The second-order valence-corrected chi connectivity index (χ2v) is 26.3. The Hall–Kier alpha value is -6.17. The molecular formula is C63H115N11O13. The minimum Gasteiger partial charge on any atom is -0.480 e. The molecule has 0 bridgehead atoms. The van der Waals surface area contributed by atoms with Gasteiger partial charge in [0.1, 0.15) is 60.4 Å². The fourth-order valence-corrected chi connectivity index (χ4v) is 10.5. The van der Waals surface area contributed by atoms with Crippen LogP contribution in [-0.4, -0.2) is 227 Å². The number of aliphatic hydroxyl groups is 1. The zero-order valence-corrected chi connectivity index (χ0v) is 57.3. The fourth-order valence-electron chi connectivity index (χ4n) is 10.5. The highest BCUT2D eigenvalue weighted by Crippen LogP contribution is 2.23. The van der Waals surface area contributed by atoms with Crippen LogP contribution in [0.1, 0.15) is 163 Å². The largest absolute Gasteiger partial charge is 0.480 e. The van der Waals surface area contributed by atoms with Crippen molar-refractivity contribution in [2.24, 2.45) is 41.4 Å². The summed E-state index contributed by atoms with van der Waals surface area (Å²) in [5.74, 6) is -8.58. The summed E-state index contributed by atoms with van der Waals surface area (Å²) < 4.78 is 0. The number of likely N-dealkylation sites (N-methyl/N-ethyl adjacent to an activating group) is 7. The van der Waals surface area contributed by atoms with Crippen LogP contribution in [0.3, 0.4) is 0 Å². The van der Waals surface area contributed by atoms with Crippen molar-refractivity contribution >= 4 is 65.0 Å². The fraction of sp³-hybridized carbons (Fsp3) is 0.794. The Morgan fingerprint density at radius 3 is 1.29 bits per heavy atom. The molecule has 12 atom stereocenters. The second kappa shape index (κ2) is 38.3. The quantitative estimate of drug-likeness (QED) is 0.0436. The van der Waals surface area contributed by atoms with Crippen molar-refractivity contribution < 1.29 is 63.0 Å². The number of aliphatic carboxylic acids is 1. The molecule has 24 heteroatoms. The molecule has 10 amide bonds. The number of hydrogen-bond acceptors (Lipinski definition) is 13. The van der Waals surface area contributed by atoms with Crippen LogP contribution >= 0.6 is 0 Å². The Balaban J connectivity index is 6.58. The minimum absolute atomic E-state index is 0.0728. The third kappa shape index (κ3) is 25.5. The molecule has 0 saturated carbocycles. The highest BCUT2D eigenvalue weighted by atomic mass is 16.4. The van der Waals surface area contributed by atoms with E-state index < -0.39 is 144 Å². The number of carboxylic acids is 1. The summed E-state index contributed by atoms with van der Waals surface area (Å²) in [5, 5.41) is 34.7. The van der Waals surface area contributed by atoms with Crippen LogP contribution in [0.5, 0.6) is 0 Å². The van der Waals surface area contributed by atoms with E-state index in [1.54, 1.807) is 27.8 Å². The van der Waals surface area contributed by atoms with Crippen LogP contribution in [0, 0.1) is 41.4 Å². The number of aliphatic hydroxyl groups excluding tert-OH is 1. The highest BCUT2D eigenvalue weighted by molar-refractivity contribution is 5.98. The van der Waals surface area contributed by atoms with Crippen molar-refractivity contribution in [3.8, 4) is 0 Å². The van der Waals surface area contributed by atoms with E-state index in [9.17, 15) is 63.0 Å². The summed E-state index contributed by atoms with van der Waals surface area (Å²) in [7, 11) is 10.1. The Kier molecular flexibility index (Phi) is 35.6. The van der Waals surface area contributed by atoms with E-state index in [1.165, 1.54) is 80.6 Å². The van der Waals surface area contributed by atoms with Gasteiger partial charge in [0.05, 0.1) is 12.6 Å². The van der Waals surface area contributed by atoms with E-state index in [0.717, 1.165) is 4.90 Å². The molecule has 0 aromatic rings. The molecule has 0 aromatic carbocycles. The SMILES string of the molecule is C/C=C/CC(C)C(O)[C@H](NC)C(=O)N[C@@H](CC)C(=O)N(C)CC(=O)N(C)[C@@H](CC(C)C)C(=O)N[C@@H](CC(C)C)C(=O)N(C)[C@@H](CC(C)C)C(=O)N[C@@H](C)C(=O)N[C@H](C)C(=O)N(C)[C@@H](CC(C)C)C(=O)N(C)[C@@H](CC(C)C)C(=O)N(C)[C@H](C(=O)O)C(C)C. The Labute approximate surface area is 520 Å². The van der Waals surface area contributed by atoms with Gasteiger partial charge in [0.15, 0.2) is 0 Å². The summed E-state index contributed by atoms with van der Waals surface area (Å²) in [6.07, 6.45) is 4.29. The first-order valence-corrected chi connectivity index (χ1v) is 31.1. The van der Waals surface area contributed by atoms with Crippen molar-refractivity contribution in [3.05, 3.63) is 12.2 Å². The number of carbonyl (C=O) groups excluding carboxylic acids is 10. The van der Waals surface area contributed by atoms with E-state index in [4.69, 9.17) is 0 Å². The van der Waals surface area contributed by atoms with Gasteiger partial charge in [-0.15, -0.1) is 0 Å². The molecule has 0 aliphatic carbocycles. The maximum Gasteiger partial charge on any atom is 0.326 e. The molecule has 500 valence electrons. The molecule has 0 heterocycles. The molecule has 0 radical (unpaired) electrons. The summed E-state index contributed by atoms with van der Waals surface area (Å²) in [6.45, 7) is 29.8. The monoisotopic (exact) mass is 1230 g/mol. The van der Waals surface area contributed by atoms with E-state index in [1.807, 2.05) is 95.2 Å². The lowest BCUT2D eigenvalue weighted by Gasteiger charge is -2.39. The Morgan fingerprint density at radius 2 is 0.862 bits per heavy atom.